The molecule has 0 spiro atoms. The van der Waals surface area contributed by atoms with Crippen molar-refractivity contribution in [1.29, 1.82) is 0 Å². The predicted octanol–water partition coefficient (Wildman–Crippen LogP) is 3.30. The van der Waals surface area contributed by atoms with Gasteiger partial charge in [0.05, 0.1) is 10.9 Å². The first-order valence-corrected chi connectivity index (χ1v) is 6.35. The molecule has 0 aliphatic carbocycles. The highest BCUT2D eigenvalue weighted by Crippen LogP contribution is 2.28. The summed E-state index contributed by atoms with van der Waals surface area (Å²) >= 11 is 3.16. The molecule has 1 heterocycles. The molecule has 0 bridgehead atoms. The van der Waals surface area contributed by atoms with Crippen LogP contribution in [0.4, 0.5) is 15.0 Å². The van der Waals surface area contributed by atoms with E-state index in [9.17, 15) is 9.18 Å². The van der Waals surface area contributed by atoms with E-state index in [0.29, 0.717) is 4.47 Å². The lowest BCUT2D eigenvalue weighted by Crippen LogP contribution is -2.27. The van der Waals surface area contributed by atoms with Crippen molar-refractivity contribution in [1.82, 2.24) is 9.78 Å². The van der Waals surface area contributed by atoms with Gasteiger partial charge in [-0.2, -0.15) is 4.68 Å². The first-order valence-electron chi connectivity index (χ1n) is 5.55. The molecule has 0 amide bonds. The van der Waals surface area contributed by atoms with Gasteiger partial charge < -0.3 is 10.5 Å². The Morgan fingerprint density at radius 1 is 1.47 bits per heavy atom. The quantitative estimate of drug-likeness (QED) is 0.805. The number of anilines is 1. The van der Waals surface area contributed by atoms with Gasteiger partial charge in [-0.3, -0.25) is 0 Å². The summed E-state index contributed by atoms with van der Waals surface area (Å²) in [4.78, 5) is 12.0. The van der Waals surface area contributed by atoms with Gasteiger partial charge >= 0.3 is 6.09 Å². The molecule has 102 valence electrons. The second-order valence-corrected chi connectivity index (χ2v) is 5.97. The zero-order chi connectivity index (χ0) is 14.4. The largest absolute Gasteiger partial charge is 0.442 e. The van der Waals surface area contributed by atoms with Crippen molar-refractivity contribution in [3.8, 4) is 0 Å². The maximum absolute atomic E-state index is 13.8. The SMILES string of the molecule is CC(C)(C)OC(=O)n1nc(N)c2c(F)cc(Br)cc21. The Morgan fingerprint density at radius 3 is 2.68 bits per heavy atom. The van der Waals surface area contributed by atoms with Gasteiger partial charge in [-0.15, -0.1) is 5.10 Å². The summed E-state index contributed by atoms with van der Waals surface area (Å²) in [7, 11) is 0. The Hall–Kier alpha value is -1.63. The minimum atomic E-state index is -0.702. The molecule has 0 fully saturated rings. The third-order valence-corrected chi connectivity index (χ3v) is 2.75. The number of fused-ring (bicyclic) bond motifs is 1. The highest BCUT2D eigenvalue weighted by Gasteiger charge is 2.23. The Morgan fingerprint density at radius 2 is 2.11 bits per heavy atom. The van der Waals surface area contributed by atoms with Crippen LogP contribution in [0.3, 0.4) is 0 Å². The van der Waals surface area contributed by atoms with Crippen molar-refractivity contribution in [3.63, 3.8) is 0 Å². The zero-order valence-corrected chi connectivity index (χ0v) is 12.3. The normalized spacial score (nSPS) is 11.8. The lowest BCUT2D eigenvalue weighted by atomic mass is 10.2. The van der Waals surface area contributed by atoms with Crippen molar-refractivity contribution in [2.24, 2.45) is 0 Å². The number of aromatic nitrogens is 2. The molecular weight excluding hydrogens is 317 g/mol. The Bertz CT molecular complexity index is 661. The van der Waals surface area contributed by atoms with E-state index in [2.05, 4.69) is 21.0 Å². The van der Waals surface area contributed by atoms with Gasteiger partial charge in [0.25, 0.3) is 0 Å². The van der Waals surface area contributed by atoms with Crippen LogP contribution in [-0.4, -0.2) is 21.5 Å². The summed E-state index contributed by atoms with van der Waals surface area (Å²) < 4.78 is 20.5. The van der Waals surface area contributed by atoms with Gasteiger partial charge in [0.2, 0.25) is 0 Å². The summed E-state index contributed by atoms with van der Waals surface area (Å²) in [6.45, 7) is 5.20. The number of nitrogens with zero attached hydrogens (tertiary/aromatic N) is 2. The van der Waals surface area contributed by atoms with Crippen LogP contribution in [0.25, 0.3) is 10.9 Å². The van der Waals surface area contributed by atoms with E-state index in [0.717, 1.165) is 4.68 Å². The smallest absolute Gasteiger partial charge is 0.435 e. The van der Waals surface area contributed by atoms with Crippen LogP contribution in [0.2, 0.25) is 0 Å². The fraction of sp³-hybridized carbons (Fsp3) is 0.333. The molecular formula is C12H13BrFN3O2. The number of benzene rings is 1. The minimum absolute atomic E-state index is 0.0501. The van der Waals surface area contributed by atoms with Gasteiger partial charge in [-0.1, -0.05) is 15.9 Å². The molecule has 0 atom stereocenters. The van der Waals surface area contributed by atoms with E-state index in [4.69, 9.17) is 10.5 Å². The molecule has 7 heteroatoms. The van der Waals surface area contributed by atoms with Crippen LogP contribution >= 0.6 is 15.9 Å². The predicted molar refractivity (Wildman–Crippen MR) is 73.4 cm³/mol. The fourth-order valence-corrected chi connectivity index (χ4v) is 2.05. The van der Waals surface area contributed by atoms with E-state index < -0.39 is 17.5 Å². The third kappa shape index (κ3) is 2.70. The number of ether oxygens (including phenoxy) is 1. The molecule has 2 aromatic rings. The molecule has 0 unspecified atom stereocenters. The standard InChI is InChI=1S/C12H13BrFN3O2/c1-12(2,3)19-11(18)17-8-5-6(13)4-7(14)9(8)10(15)16-17/h4-5H,1-3H3,(H2,15,16). The molecule has 2 rings (SSSR count). The van der Waals surface area contributed by atoms with E-state index in [-0.39, 0.29) is 16.7 Å². The zero-order valence-electron chi connectivity index (χ0n) is 10.7. The van der Waals surface area contributed by atoms with Crippen molar-refractivity contribution < 1.29 is 13.9 Å². The van der Waals surface area contributed by atoms with Gasteiger partial charge in [-0.05, 0) is 32.9 Å². The van der Waals surface area contributed by atoms with Crippen LogP contribution in [0, 0.1) is 5.82 Å². The third-order valence-electron chi connectivity index (χ3n) is 2.29. The molecule has 19 heavy (non-hydrogen) atoms. The number of halogens is 2. The number of rotatable bonds is 0. The first-order chi connectivity index (χ1) is 8.69. The number of carbonyl (C=O) groups is 1. The number of nitrogens with two attached hydrogens (primary N) is 1. The number of hydrogen-bond acceptors (Lipinski definition) is 4. The molecule has 0 radical (unpaired) electrons. The molecule has 0 saturated carbocycles. The van der Waals surface area contributed by atoms with Gasteiger partial charge in [0.1, 0.15) is 11.4 Å². The number of hydrogen-bond donors (Lipinski definition) is 1. The van der Waals surface area contributed by atoms with Crippen molar-refractivity contribution >= 4 is 38.7 Å². The Labute approximate surface area is 117 Å². The van der Waals surface area contributed by atoms with E-state index in [1.807, 2.05) is 0 Å². The molecule has 5 nitrogen and oxygen atoms in total. The summed E-state index contributed by atoms with van der Waals surface area (Å²) in [5.74, 6) is -0.595. The van der Waals surface area contributed by atoms with Crippen LogP contribution in [0.1, 0.15) is 20.8 Å². The van der Waals surface area contributed by atoms with Crippen molar-refractivity contribution in [2.45, 2.75) is 26.4 Å². The lowest BCUT2D eigenvalue weighted by Gasteiger charge is -2.19. The van der Waals surface area contributed by atoms with Gasteiger partial charge in [0.15, 0.2) is 5.82 Å². The average molecular weight is 330 g/mol. The minimum Gasteiger partial charge on any atom is -0.442 e. The second kappa shape index (κ2) is 4.48. The second-order valence-electron chi connectivity index (χ2n) is 5.06. The van der Waals surface area contributed by atoms with Crippen molar-refractivity contribution in [3.05, 3.63) is 22.4 Å². The molecule has 0 aliphatic rings. The van der Waals surface area contributed by atoms with Crippen LogP contribution in [0.5, 0.6) is 0 Å². The molecule has 2 N–H and O–H groups in total. The maximum atomic E-state index is 13.8. The molecule has 1 aromatic heterocycles. The average Bonchev–Trinajstić information content (AvgIpc) is 2.53. The van der Waals surface area contributed by atoms with Gasteiger partial charge in [0, 0.05) is 4.47 Å². The number of carbonyl (C=O) groups excluding carboxylic acids is 1. The van der Waals surface area contributed by atoms with E-state index in [1.54, 1.807) is 26.8 Å². The topological polar surface area (TPSA) is 70.1 Å². The fourth-order valence-electron chi connectivity index (χ4n) is 1.64. The summed E-state index contributed by atoms with van der Waals surface area (Å²) in [6, 6.07) is 2.82. The molecule has 0 aliphatic heterocycles. The molecule has 0 saturated heterocycles. The highest BCUT2D eigenvalue weighted by molar-refractivity contribution is 9.10. The monoisotopic (exact) mass is 329 g/mol. The van der Waals surface area contributed by atoms with E-state index >= 15 is 0 Å². The summed E-state index contributed by atoms with van der Waals surface area (Å²) in [5.41, 5.74) is 5.23. The van der Waals surface area contributed by atoms with Crippen LogP contribution in [-0.2, 0) is 4.74 Å². The van der Waals surface area contributed by atoms with Crippen LogP contribution in [0.15, 0.2) is 16.6 Å². The Kier molecular flexibility index (Phi) is 3.25. The molecule has 1 aromatic carbocycles. The lowest BCUT2D eigenvalue weighted by molar-refractivity contribution is 0.0523. The summed E-state index contributed by atoms with van der Waals surface area (Å²) in [6.07, 6.45) is -0.702. The summed E-state index contributed by atoms with van der Waals surface area (Å²) in [5, 5.41) is 3.94. The highest BCUT2D eigenvalue weighted by atomic mass is 79.9. The van der Waals surface area contributed by atoms with Gasteiger partial charge in [-0.25, -0.2) is 9.18 Å². The maximum Gasteiger partial charge on any atom is 0.435 e. The Balaban J connectivity index is 2.59. The first kappa shape index (κ1) is 13.8. The van der Waals surface area contributed by atoms with E-state index in [1.165, 1.54) is 6.07 Å². The van der Waals surface area contributed by atoms with Crippen LogP contribution < -0.4 is 5.73 Å². The number of nitrogen functional groups attached to an aromatic ring is 1. The van der Waals surface area contributed by atoms with Crippen molar-refractivity contribution in [2.75, 3.05) is 5.73 Å².